The number of carbonyl (C=O) groups is 2. The molecule has 0 spiro atoms. The number of Topliss-reactive ketones (excluding diaryl/α,β-unsaturated/α-hetero) is 2. The first-order valence-corrected chi connectivity index (χ1v) is 17.9. The van der Waals surface area contributed by atoms with Crippen LogP contribution >= 0.6 is 6.98 Å². The summed E-state index contributed by atoms with van der Waals surface area (Å²) in [5, 5.41) is 4.37. The summed E-state index contributed by atoms with van der Waals surface area (Å²) in [5.74, 6) is -0.315. The molecule has 0 bridgehead atoms. The fourth-order valence-electron chi connectivity index (χ4n) is 8.55. The maximum atomic E-state index is 14.8. The van der Waals surface area contributed by atoms with Crippen LogP contribution in [-0.2, 0) is 26.2 Å². The Balaban J connectivity index is 1.70. The van der Waals surface area contributed by atoms with E-state index in [0.29, 0.717) is 17.4 Å². The second-order valence-corrected chi connectivity index (χ2v) is 16.4. The predicted octanol–water partition coefficient (Wildman–Crippen LogP) is 7.21. The van der Waals surface area contributed by atoms with Crippen molar-refractivity contribution in [1.29, 1.82) is 0 Å². The fourth-order valence-corrected chi connectivity index (χ4v) is 15.3. The average Bonchev–Trinajstić information content (AvgIpc) is 3.56. The summed E-state index contributed by atoms with van der Waals surface area (Å²) in [6.07, 6.45) is 0.397. The van der Waals surface area contributed by atoms with Crippen LogP contribution in [0, 0.1) is 0 Å². The van der Waals surface area contributed by atoms with Crippen LogP contribution in [0.25, 0.3) is 0 Å². The van der Waals surface area contributed by atoms with Gasteiger partial charge in [-0.15, -0.1) is 0 Å². The topological polar surface area (TPSA) is 49.9 Å². The Morgan fingerprint density at radius 2 is 1.13 bits per heavy atom. The van der Waals surface area contributed by atoms with Gasteiger partial charge in [-0.1, -0.05) is 0 Å². The van der Waals surface area contributed by atoms with E-state index in [4.69, 9.17) is 4.62 Å². The zero-order valence-corrected chi connectivity index (χ0v) is 26.8. The third-order valence-electron chi connectivity index (χ3n) is 10.0. The number of nitrogens with zero attached hydrogens (tertiary/aromatic N) is 2. The van der Waals surface area contributed by atoms with Crippen molar-refractivity contribution < 1.29 is 14.2 Å². The molecule has 0 aliphatic carbocycles. The van der Waals surface area contributed by atoms with Crippen molar-refractivity contribution in [2.75, 3.05) is 6.54 Å². The first kappa shape index (κ1) is 28.9. The number of hydrogen-bond donors (Lipinski definition) is 0. The van der Waals surface area contributed by atoms with E-state index in [0.717, 1.165) is 33.7 Å². The van der Waals surface area contributed by atoms with Crippen molar-refractivity contribution in [3.05, 3.63) is 179 Å². The van der Waals surface area contributed by atoms with Crippen LogP contribution in [-0.4, -0.2) is 27.8 Å². The SMILES string of the molecule is CC(=O)C1=C(C(C)=O)P2(c3ccccc3)(c3ccccc3)ON3CCc4ccccc4C3N2C1(c1ccccc1)c1ccccc1. The van der Waals surface area contributed by atoms with Gasteiger partial charge in [0.2, 0.25) is 0 Å². The minimum absolute atomic E-state index is 0.151. The molecule has 1 fully saturated rings. The Labute approximate surface area is 269 Å². The van der Waals surface area contributed by atoms with E-state index in [-0.39, 0.29) is 11.6 Å². The minimum atomic E-state index is -4.50. The Morgan fingerprint density at radius 1 is 0.652 bits per heavy atom. The van der Waals surface area contributed by atoms with Gasteiger partial charge in [0.15, 0.2) is 0 Å². The van der Waals surface area contributed by atoms with Crippen LogP contribution < -0.4 is 10.6 Å². The molecule has 0 N–H and O–H groups in total. The molecule has 5 aromatic carbocycles. The summed E-state index contributed by atoms with van der Waals surface area (Å²) < 4.78 is 10.3. The van der Waals surface area contributed by atoms with Crippen molar-refractivity contribution in [1.82, 2.24) is 9.73 Å². The molecule has 3 heterocycles. The first-order chi connectivity index (χ1) is 22.5. The molecular formula is C40H35N2O3P. The quantitative estimate of drug-likeness (QED) is 0.187. The molecule has 228 valence electrons. The fraction of sp³-hybridized carbons (Fsp3) is 0.150. The molecule has 3 aliphatic rings. The number of benzene rings is 5. The summed E-state index contributed by atoms with van der Waals surface area (Å²) in [6, 6.07) is 49.4. The molecule has 8 rings (SSSR count). The summed E-state index contributed by atoms with van der Waals surface area (Å²) in [5.41, 5.74) is 3.49. The van der Waals surface area contributed by atoms with Gasteiger partial charge in [-0.3, -0.25) is 0 Å². The molecule has 3 aliphatic heterocycles. The summed E-state index contributed by atoms with van der Waals surface area (Å²) in [4.78, 5) is 29.4. The van der Waals surface area contributed by atoms with Crippen LogP contribution in [0.15, 0.2) is 156 Å². The number of hydrogen-bond acceptors (Lipinski definition) is 5. The van der Waals surface area contributed by atoms with Gasteiger partial charge in [-0.25, -0.2) is 0 Å². The summed E-state index contributed by atoms with van der Waals surface area (Å²) in [7, 11) is 0. The van der Waals surface area contributed by atoms with E-state index < -0.39 is 18.7 Å². The third-order valence-corrected chi connectivity index (χ3v) is 15.8. The number of carbonyl (C=O) groups excluding carboxylic acids is 2. The van der Waals surface area contributed by atoms with Gasteiger partial charge in [-0.2, -0.15) is 0 Å². The normalized spacial score (nSPS) is 21.8. The van der Waals surface area contributed by atoms with Crippen molar-refractivity contribution in [3.63, 3.8) is 0 Å². The average molecular weight is 623 g/mol. The molecule has 0 radical (unpaired) electrons. The van der Waals surface area contributed by atoms with Gasteiger partial charge >= 0.3 is 270 Å². The van der Waals surface area contributed by atoms with Crippen LogP contribution in [0.4, 0.5) is 0 Å². The van der Waals surface area contributed by atoms with Crippen LogP contribution in [0.1, 0.15) is 42.3 Å². The molecule has 46 heavy (non-hydrogen) atoms. The number of hydroxylamine groups is 2. The van der Waals surface area contributed by atoms with Gasteiger partial charge in [0, 0.05) is 0 Å². The van der Waals surface area contributed by atoms with E-state index in [1.165, 1.54) is 5.56 Å². The second kappa shape index (κ2) is 10.5. The van der Waals surface area contributed by atoms with Crippen molar-refractivity contribution in [3.8, 4) is 0 Å². The van der Waals surface area contributed by atoms with Gasteiger partial charge in [-0.05, 0) is 0 Å². The zero-order chi connectivity index (χ0) is 31.5. The molecule has 5 aromatic rings. The standard InChI is InChI=1S/C40H35N2O3P/c1-29(43)37-38(30(2)44)46(34-22-11-5-12-23-34,35-24-13-6-14-25-35)42(39-36-26-16-15-17-31(36)27-28-41(39)45-46)40(37,32-18-7-3-8-19-32)33-20-9-4-10-21-33/h3-26,39H,27-28H2,1-2H3. The molecule has 0 amide bonds. The number of allylic oxidation sites excluding steroid dienone is 1. The number of rotatable bonds is 6. The van der Waals surface area contributed by atoms with E-state index in [1.807, 2.05) is 72.8 Å². The monoisotopic (exact) mass is 622 g/mol. The summed E-state index contributed by atoms with van der Waals surface area (Å²) >= 11 is 0. The Kier molecular flexibility index (Phi) is 6.61. The first-order valence-electron chi connectivity index (χ1n) is 15.8. The predicted molar refractivity (Wildman–Crippen MR) is 184 cm³/mol. The van der Waals surface area contributed by atoms with Crippen LogP contribution in [0.3, 0.4) is 0 Å². The van der Waals surface area contributed by atoms with Crippen molar-refractivity contribution in [2.24, 2.45) is 0 Å². The Bertz CT molecular complexity index is 1930. The third kappa shape index (κ3) is 3.49. The van der Waals surface area contributed by atoms with E-state index in [1.54, 1.807) is 13.8 Å². The summed E-state index contributed by atoms with van der Waals surface area (Å²) in [6.45, 7) is -0.648. The second-order valence-electron chi connectivity index (χ2n) is 12.3. The van der Waals surface area contributed by atoms with Crippen LogP contribution in [0.2, 0.25) is 0 Å². The van der Waals surface area contributed by atoms with E-state index in [2.05, 4.69) is 82.5 Å². The van der Waals surface area contributed by atoms with E-state index in [9.17, 15) is 9.59 Å². The Hall–Kier alpha value is -4.51. The molecular weight excluding hydrogens is 587 g/mol. The Morgan fingerprint density at radius 3 is 1.63 bits per heavy atom. The van der Waals surface area contributed by atoms with Gasteiger partial charge in [0.25, 0.3) is 0 Å². The number of ketones is 2. The van der Waals surface area contributed by atoms with Gasteiger partial charge in [0.1, 0.15) is 0 Å². The molecule has 1 saturated heterocycles. The molecule has 1 atom stereocenters. The molecule has 1 unspecified atom stereocenters. The van der Waals surface area contributed by atoms with E-state index >= 15 is 0 Å². The van der Waals surface area contributed by atoms with Gasteiger partial charge < -0.3 is 0 Å². The molecule has 0 aromatic heterocycles. The molecule has 0 saturated carbocycles. The van der Waals surface area contributed by atoms with Crippen molar-refractivity contribution in [2.45, 2.75) is 32.0 Å². The van der Waals surface area contributed by atoms with Crippen LogP contribution in [0.5, 0.6) is 0 Å². The molecule has 5 nitrogen and oxygen atoms in total. The van der Waals surface area contributed by atoms with Gasteiger partial charge in [0.05, 0.1) is 0 Å². The molecule has 6 heteroatoms. The number of fused-ring (bicyclic) bond motifs is 5. The van der Waals surface area contributed by atoms with Crippen molar-refractivity contribution >= 4 is 29.2 Å². The zero-order valence-electron chi connectivity index (χ0n) is 25.9. The maximum absolute atomic E-state index is 14.8.